The van der Waals surface area contributed by atoms with Crippen molar-refractivity contribution in [2.24, 2.45) is 5.90 Å². The molecular weight excluding hydrogens is 383 g/mol. The van der Waals surface area contributed by atoms with Gasteiger partial charge in [0, 0.05) is 11.1 Å². The molecule has 4 rings (SSSR count). The molecule has 2 N–H and O–H groups in total. The van der Waals surface area contributed by atoms with E-state index in [-0.39, 0.29) is 18.1 Å². The van der Waals surface area contributed by atoms with Crippen molar-refractivity contribution in [3.63, 3.8) is 0 Å². The second-order valence-electron chi connectivity index (χ2n) is 7.00. The zero-order chi connectivity index (χ0) is 20.9. The molecule has 1 aliphatic carbocycles. The molecule has 1 aromatic heterocycles. The van der Waals surface area contributed by atoms with Gasteiger partial charge in [0.1, 0.15) is 18.2 Å². The molecule has 2 aromatic carbocycles. The lowest BCUT2D eigenvalue weighted by Crippen LogP contribution is -2.12. The summed E-state index contributed by atoms with van der Waals surface area (Å²) < 4.78 is 20.0. The molecule has 0 radical (unpaired) electrons. The normalized spacial score (nSPS) is 13.4. The van der Waals surface area contributed by atoms with Gasteiger partial charge < -0.3 is 9.57 Å². The molecule has 0 amide bonds. The Bertz CT molecular complexity index is 1110. The van der Waals surface area contributed by atoms with Crippen molar-refractivity contribution in [1.82, 2.24) is 4.98 Å². The van der Waals surface area contributed by atoms with Crippen molar-refractivity contribution >= 4 is 17.1 Å². The van der Waals surface area contributed by atoms with Gasteiger partial charge in [0.25, 0.3) is 0 Å². The highest BCUT2D eigenvalue weighted by atomic mass is 19.1. The van der Waals surface area contributed by atoms with Crippen molar-refractivity contribution in [2.45, 2.75) is 25.9 Å². The standard InChI is InChI=1S/C24H21FN2O3/c25-20-11-3-1-7-16(20)15-29-23-14-4-2-8-19(23)17-9-5-10-18(17)21-12-6-13-22(27-21)24(28)30-26/h1-4,6-8,11-14H,5,9-10,15,26H2. The highest BCUT2D eigenvalue weighted by molar-refractivity contribution is 5.94. The predicted octanol–water partition coefficient (Wildman–Crippen LogP) is 4.92. The number of ether oxygens (including phenoxy) is 1. The van der Waals surface area contributed by atoms with E-state index in [0.29, 0.717) is 17.0 Å². The molecule has 30 heavy (non-hydrogen) atoms. The first-order valence-corrected chi connectivity index (χ1v) is 9.73. The third-order valence-electron chi connectivity index (χ3n) is 5.15. The van der Waals surface area contributed by atoms with E-state index in [1.807, 2.05) is 30.3 Å². The molecule has 0 bridgehead atoms. The van der Waals surface area contributed by atoms with Gasteiger partial charge in [-0.2, -0.15) is 5.90 Å². The van der Waals surface area contributed by atoms with Crippen molar-refractivity contribution in [3.8, 4) is 5.75 Å². The Morgan fingerprint density at radius 3 is 2.57 bits per heavy atom. The SMILES string of the molecule is NOC(=O)c1cccc(C2=C(c3ccccc3OCc3ccccc3F)CCC2)n1. The Hall–Kier alpha value is -3.51. The van der Waals surface area contributed by atoms with Gasteiger partial charge in [-0.05, 0) is 54.7 Å². The number of carbonyl (C=O) groups excluding carboxylic acids is 1. The Morgan fingerprint density at radius 2 is 1.73 bits per heavy atom. The Balaban J connectivity index is 1.68. The molecule has 0 saturated carbocycles. The molecule has 0 atom stereocenters. The van der Waals surface area contributed by atoms with Gasteiger partial charge >= 0.3 is 5.97 Å². The molecular formula is C24H21FN2O3. The molecule has 5 nitrogen and oxygen atoms in total. The summed E-state index contributed by atoms with van der Waals surface area (Å²) in [5.74, 6) is 4.72. The largest absolute Gasteiger partial charge is 0.488 e. The maximum atomic E-state index is 14.0. The van der Waals surface area contributed by atoms with Crippen LogP contribution < -0.4 is 10.6 Å². The zero-order valence-corrected chi connectivity index (χ0v) is 16.3. The van der Waals surface area contributed by atoms with E-state index < -0.39 is 5.97 Å². The summed E-state index contributed by atoms with van der Waals surface area (Å²) in [4.78, 5) is 20.5. The van der Waals surface area contributed by atoms with Crippen LogP contribution in [-0.2, 0) is 11.4 Å². The molecule has 0 spiro atoms. The van der Waals surface area contributed by atoms with Crippen LogP contribution in [0.25, 0.3) is 11.1 Å². The molecule has 1 heterocycles. The fourth-order valence-electron chi connectivity index (χ4n) is 3.71. The minimum Gasteiger partial charge on any atom is -0.488 e. The number of para-hydroxylation sites is 1. The number of rotatable bonds is 6. The number of nitrogens with zero attached hydrogens (tertiary/aromatic N) is 1. The van der Waals surface area contributed by atoms with Gasteiger partial charge in [-0.15, -0.1) is 0 Å². The molecule has 0 unspecified atom stereocenters. The van der Waals surface area contributed by atoms with Crippen LogP contribution in [0.1, 0.15) is 46.6 Å². The summed E-state index contributed by atoms with van der Waals surface area (Å²) in [5.41, 5.74) is 4.51. The second kappa shape index (κ2) is 8.88. The first-order chi connectivity index (χ1) is 14.7. The average Bonchev–Trinajstić information content (AvgIpc) is 3.28. The molecule has 152 valence electrons. The number of hydrogen-bond donors (Lipinski definition) is 1. The first-order valence-electron chi connectivity index (χ1n) is 9.73. The first kappa shape index (κ1) is 19.8. The predicted molar refractivity (Wildman–Crippen MR) is 112 cm³/mol. The topological polar surface area (TPSA) is 74.4 Å². The van der Waals surface area contributed by atoms with Crippen LogP contribution in [0.3, 0.4) is 0 Å². The average molecular weight is 404 g/mol. The quantitative estimate of drug-likeness (QED) is 0.590. The second-order valence-corrected chi connectivity index (χ2v) is 7.00. The fraction of sp³-hybridized carbons (Fsp3) is 0.167. The van der Waals surface area contributed by atoms with Crippen molar-refractivity contribution in [2.75, 3.05) is 0 Å². The van der Waals surface area contributed by atoms with E-state index in [0.717, 1.165) is 36.0 Å². The fourth-order valence-corrected chi connectivity index (χ4v) is 3.71. The van der Waals surface area contributed by atoms with Crippen LogP contribution in [0, 0.1) is 5.82 Å². The molecule has 0 fully saturated rings. The summed E-state index contributed by atoms with van der Waals surface area (Å²) in [7, 11) is 0. The number of carbonyl (C=O) groups is 1. The Morgan fingerprint density at radius 1 is 0.967 bits per heavy atom. The third-order valence-corrected chi connectivity index (χ3v) is 5.15. The van der Waals surface area contributed by atoms with E-state index in [2.05, 4.69) is 9.82 Å². The Kier molecular flexibility index (Phi) is 5.86. The lowest BCUT2D eigenvalue weighted by molar-refractivity contribution is 0.0496. The maximum absolute atomic E-state index is 14.0. The third kappa shape index (κ3) is 4.09. The van der Waals surface area contributed by atoms with Gasteiger partial charge in [0.05, 0.1) is 5.69 Å². The number of benzene rings is 2. The lowest BCUT2D eigenvalue weighted by atomic mass is 9.99. The van der Waals surface area contributed by atoms with Gasteiger partial charge in [0.2, 0.25) is 0 Å². The van der Waals surface area contributed by atoms with Crippen LogP contribution in [0.5, 0.6) is 5.75 Å². The summed E-state index contributed by atoms with van der Waals surface area (Å²) in [5, 5.41) is 0. The summed E-state index contributed by atoms with van der Waals surface area (Å²) in [6.07, 6.45) is 2.67. The number of halogens is 1. The number of allylic oxidation sites excluding steroid dienone is 2. The smallest absolute Gasteiger partial charge is 0.375 e. The van der Waals surface area contributed by atoms with E-state index in [9.17, 15) is 9.18 Å². The van der Waals surface area contributed by atoms with E-state index in [1.165, 1.54) is 6.07 Å². The van der Waals surface area contributed by atoms with E-state index in [4.69, 9.17) is 10.6 Å². The molecule has 1 aliphatic rings. The summed E-state index contributed by atoms with van der Waals surface area (Å²) >= 11 is 0. The summed E-state index contributed by atoms with van der Waals surface area (Å²) in [6.45, 7) is 0.141. The number of hydrogen-bond acceptors (Lipinski definition) is 5. The van der Waals surface area contributed by atoms with Crippen molar-refractivity contribution in [1.29, 1.82) is 0 Å². The molecule has 6 heteroatoms. The van der Waals surface area contributed by atoms with Crippen LogP contribution >= 0.6 is 0 Å². The minimum absolute atomic E-state index is 0.141. The molecule has 0 aliphatic heterocycles. The van der Waals surface area contributed by atoms with Gasteiger partial charge in [0.15, 0.2) is 5.69 Å². The number of aromatic nitrogens is 1. The van der Waals surface area contributed by atoms with E-state index >= 15 is 0 Å². The maximum Gasteiger partial charge on any atom is 0.375 e. The minimum atomic E-state index is -0.675. The lowest BCUT2D eigenvalue weighted by Gasteiger charge is -2.14. The van der Waals surface area contributed by atoms with Crippen LogP contribution in [0.4, 0.5) is 4.39 Å². The number of pyridine rings is 1. The van der Waals surface area contributed by atoms with Gasteiger partial charge in [-0.1, -0.05) is 42.5 Å². The summed E-state index contributed by atoms with van der Waals surface area (Å²) in [6, 6.07) is 19.5. The van der Waals surface area contributed by atoms with Crippen LogP contribution in [0.2, 0.25) is 0 Å². The van der Waals surface area contributed by atoms with Crippen molar-refractivity contribution in [3.05, 3.63) is 95.1 Å². The van der Waals surface area contributed by atoms with Gasteiger partial charge in [-0.3, -0.25) is 0 Å². The van der Waals surface area contributed by atoms with Gasteiger partial charge in [-0.25, -0.2) is 14.2 Å². The highest BCUT2D eigenvalue weighted by Gasteiger charge is 2.22. The molecule has 3 aromatic rings. The highest BCUT2D eigenvalue weighted by Crippen LogP contribution is 2.42. The van der Waals surface area contributed by atoms with Crippen LogP contribution in [0.15, 0.2) is 66.7 Å². The monoisotopic (exact) mass is 404 g/mol. The van der Waals surface area contributed by atoms with Crippen LogP contribution in [-0.4, -0.2) is 11.0 Å². The zero-order valence-electron chi connectivity index (χ0n) is 16.3. The number of nitrogens with two attached hydrogens (primary N) is 1. The van der Waals surface area contributed by atoms with Crippen molar-refractivity contribution < 1.29 is 18.8 Å². The Labute approximate surface area is 173 Å². The molecule has 0 saturated heterocycles. The van der Waals surface area contributed by atoms with E-state index in [1.54, 1.807) is 30.3 Å².